The number of nitrogens with one attached hydrogen (secondary N) is 1. The third kappa shape index (κ3) is 4.17. The van der Waals surface area contributed by atoms with Crippen LogP contribution in [-0.2, 0) is 6.54 Å². The maximum Gasteiger partial charge on any atom is 0.248 e. The second-order valence-corrected chi connectivity index (χ2v) is 7.41. The van der Waals surface area contributed by atoms with E-state index in [1.807, 2.05) is 24.3 Å². The van der Waals surface area contributed by atoms with E-state index in [0.29, 0.717) is 17.5 Å². The van der Waals surface area contributed by atoms with Crippen molar-refractivity contribution in [2.24, 2.45) is 5.73 Å². The van der Waals surface area contributed by atoms with Gasteiger partial charge in [0.15, 0.2) is 0 Å². The van der Waals surface area contributed by atoms with Crippen LogP contribution in [0.1, 0.15) is 53.2 Å². The van der Waals surface area contributed by atoms with Crippen molar-refractivity contribution < 1.29 is 4.79 Å². The molecule has 0 unspecified atom stereocenters. The van der Waals surface area contributed by atoms with E-state index in [2.05, 4.69) is 35.6 Å². The fourth-order valence-corrected chi connectivity index (χ4v) is 4.03. The Morgan fingerprint density at radius 2 is 1.81 bits per heavy atom. The first-order valence-corrected chi connectivity index (χ1v) is 9.67. The number of amides is 1. The molecule has 0 bridgehead atoms. The predicted octanol–water partition coefficient (Wildman–Crippen LogP) is 4.15. The Morgan fingerprint density at radius 1 is 1.00 bits per heavy atom. The summed E-state index contributed by atoms with van der Waals surface area (Å²) < 4.78 is 0. The first-order valence-electron chi connectivity index (χ1n) is 9.67. The molecule has 27 heavy (non-hydrogen) atoms. The molecule has 1 aliphatic rings. The summed E-state index contributed by atoms with van der Waals surface area (Å²) in [6.45, 7) is 0.803. The van der Waals surface area contributed by atoms with Gasteiger partial charge < -0.3 is 11.1 Å². The Kier molecular flexibility index (Phi) is 5.16. The Hall–Kier alpha value is -2.72. The highest BCUT2D eigenvalue weighted by Gasteiger charge is 2.22. The highest BCUT2D eigenvalue weighted by atomic mass is 16.1. The van der Waals surface area contributed by atoms with Gasteiger partial charge in [-0.05, 0) is 61.4 Å². The van der Waals surface area contributed by atoms with Crippen LogP contribution in [0, 0.1) is 0 Å². The normalized spacial score (nSPS) is 19.9. The molecule has 1 saturated carbocycles. The van der Waals surface area contributed by atoms with Gasteiger partial charge in [0.05, 0.1) is 11.2 Å². The minimum Gasteiger partial charge on any atom is -0.366 e. The fraction of sp³-hybridized carbons (Fsp3) is 0.304. The van der Waals surface area contributed by atoms with Crippen molar-refractivity contribution in [1.82, 2.24) is 10.3 Å². The van der Waals surface area contributed by atoms with Crippen LogP contribution < -0.4 is 11.1 Å². The van der Waals surface area contributed by atoms with E-state index < -0.39 is 0 Å². The van der Waals surface area contributed by atoms with E-state index >= 15 is 0 Å². The molecule has 4 rings (SSSR count). The number of nitrogens with zero attached hydrogens (tertiary/aromatic N) is 1. The van der Waals surface area contributed by atoms with Crippen molar-refractivity contribution >= 4 is 16.8 Å². The third-order valence-electron chi connectivity index (χ3n) is 5.60. The predicted molar refractivity (Wildman–Crippen MR) is 109 cm³/mol. The quantitative estimate of drug-likeness (QED) is 0.719. The lowest BCUT2D eigenvalue weighted by molar-refractivity contribution is 0.1000. The summed E-state index contributed by atoms with van der Waals surface area (Å²) >= 11 is 0. The van der Waals surface area contributed by atoms with Crippen molar-refractivity contribution in [3.05, 3.63) is 77.5 Å². The smallest absolute Gasteiger partial charge is 0.248 e. The third-order valence-corrected chi connectivity index (χ3v) is 5.60. The summed E-state index contributed by atoms with van der Waals surface area (Å²) in [5.41, 5.74) is 9.39. The van der Waals surface area contributed by atoms with Gasteiger partial charge in [-0.15, -0.1) is 0 Å². The van der Waals surface area contributed by atoms with Gasteiger partial charge in [-0.3, -0.25) is 9.78 Å². The largest absolute Gasteiger partial charge is 0.366 e. The van der Waals surface area contributed by atoms with Crippen LogP contribution in [0.3, 0.4) is 0 Å². The zero-order valence-corrected chi connectivity index (χ0v) is 15.4. The summed E-state index contributed by atoms with van der Waals surface area (Å²) in [6.07, 6.45) is 4.54. The summed E-state index contributed by atoms with van der Waals surface area (Å²) in [6, 6.07) is 20.8. The van der Waals surface area contributed by atoms with Gasteiger partial charge in [0.2, 0.25) is 5.91 Å². The molecule has 4 nitrogen and oxygen atoms in total. The lowest BCUT2D eigenvalue weighted by Crippen LogP contribution is -2.32. The number of hydrogen-bond donors (Lipinski definition) is 2. The maximum absolute atomic E-state index is 11.4. The number of carbonyl (C=O) groups is 1. The molecule has 1 fully saturated rings. The van der Waals surface area contributed by atoms with Gasteiger partial charge in [-0.1, -0.05) is 36.4 Å². The number of rotatable bonds is 5. The van der Waals surface area contributed by atoms with Crippen LogP contribution in [0.25, 0.3) is 10.9 Å². The van der Waals surface area contributed by atoms with Crippen LogP contribution in [0.5, 0.6) is 0 Å². The standard InChI is InChI=1S/C23H25N3O/c24-23(27)19-6-3-5-18(14-19)16-8-11-20(12-9-16)25-15-21-13-10-17-4-1-2-7-22(17)26-21/h1-7,10,13-14,16,20,25H,8-9,11-12,15H2,(H2,24,27). The van der Waals surface area contributed by atoms with E-state index in [1.165, 1.54) is 10.9 Å². The molecule has 3 aromatic rings. The molecule has 0 spiro atoms. The van der Waals surface area contributed by atoms with Gasteiger partial charge in [0.1, 0.15) is 0 Å². The van der Waals surface area contributed by atoms with Crippen molar-refractivity contribution in [1.29, 1.82) is 0 Å². The first-order chi connectivity index (χ1) is 13.2. The molecule has 3 N–H and O–H groups in total. The molecule has 0 atom stereocenters. The number of hydrogen-bond acceptors (Lipinski definition) is 3. The fourth-order valence-electron chi connectivity index (χ4n) is 4.03. The molecule has 0 saturated heterocycles. The van der Waals surface area contributed by atoms with Crippen LogP contribution in [0.15, 0.2) is 60.7 Å². The molecular weight excluding hydrogens is 334 g/mol. The van der Waals surface area contributed by atoms with E-state index in [-0.39, 0.29) is 5.91 Å². The number of carbonyl (C=O) groups excluding carboxylic acids is 1. The number of aromatic nitrogens is 1. The molecule has 0 aliphatic heterocycles. The van der Waals surface area contributed by atoms with Crippen molar-refractivity contribution in [2.45, 2.75) is 44.2 Å². The molecule has 1 aromatic heterocycles. The van der Waals surface area contributed by atoms with Gasteiger partial charge in [-0.25, -0.2) is 0 Å². The minimum absolute atomic E-state index is 0.352. The van der Waals surface area contributed by atoms with Crippen LogP contribution >= 0.6 is 0 Å². The van der Waals surface area contributed by atoms with Crippen molar-refractivity contribution in [2.75, 3.05) is 0 Å². The Balaban J connectivity index is 1.32. The molecule has 1 aliphatic carbocycles. The second kappa shape index (κ2) is 7.89. The van der Waals surface area contributed by atoms with E-state index in [1.54, 1.807) is 6.07 Å². The number of fused-ring (bicyclic) bond motifs is 1. The number of primary amides is 1. The van der Waals surface area contributed by atoms with Gasteiger partial charge in [0.25, 0.3) is 0 Å². The average molecular weight is 359 g/mol. The summed E-state index contributed by atoms with van der Waals surface area (Å²) in [7, 11) is 0. The van der Waals surface area contributed by atoms with Crippen LogP contribution in [-0.4, -0.2) is 16.9 Å². The molecule has 0 radical (unpaired) electrons. The Labute approximate surface area is 159 Å². The molecule has 1 heterocycles. The molecule has 1 amide bonds. The molecule has 4 heteroatoms. The van der Waals surface area contributed by atoms with Gasteiger partial charge in [0, 0.05) is 23.5 Å². The maximum atomic E-state index is 11.4. The minimum atomic E-state index is -0.352. The molecule has 138 valence electrons. The lowest BCUT2D eigenvalue weighted by Gasteiger charge is -2.29. The number of pyridine rings is 1. The summed E-state index contributed by atoms with van der Waals surface area (Å²) in [5.74, 6) is 0.163. The molecule has 2 aromatic carbocycles. The van der Waals surface area contributed by atoms with E-state index in [9.17, 15) is 4.79 Å². The zero-order chi connectivity index (χ0) is 18.6. The topological polar surface area (TPSA) is 68.0 Å². The monoisotopic (exact) mass is 359 g/mol. The highest BCUT2D eigenvalue weighted by molar-refractivity contribution is 5.92. The first kappa shape index (κ1) is 17.7. The van der Waals surface area contributed by atoms with Gasteiger partial charge in [-0.2, -0.15) is 0 Å². The van der Waals surface area contributed by atoms with E-state index in [4.69, 9.17) is 10.7 Å². The van der Waals surface area contributed by atoms with Crippen molar-refractivity contribution in [3.8, 4) is 0 Å². The van der Waals surface area contributed by atoms with Crippen LogP contribution in [0.4, 0.5) is 0 Å². The average Bonchev–Trinajstić information content (AvgIpc) is 2.72. The number of benzene rings is 2. The molecular formula is C23H25N3O. The lowest BCUT2D eigenvalue weighted by atomic mass is 9.81. The van der Waals surface area contributed by atoms with Crippen LogP contribution in [0.2, 0.25) is 0 Å². The summed E-state index contributed by atoms with van der Waals surface area (Å²) in [5, 5.41) is 4.85. The zero-order valence-electron chi connectivity index (χ0n) is 15.4. The Morgan fingerprint density at radius 3 is 2.63 bits per heavy atom. The van der Waals surface area contributed by atoms with Gasteiger partial charge >= 0.3 is 0 Å². The second-order valence-electron chi connectivity index (χ2n) is 7.41. The SMILES string of the molecule is NC(=O)c1cccc(C2CCC(NCc3ccc4ccccc4n3)CC2)c1. The summed E-state index contributed by atoms with van der Waals surface area (Å²) in [4.78, 5) is 16.1. The van der Waals surface area contributed by atoms with Crippen molar-refractivity contribution in [3.63, 3.8) is 0 Å². The number of para-hydroxylation sites is 1. The Bertz CT molecular complexity index is 945. The number of nitrogens with two attached hydrogens (primary N) is 1. The van der Waals surface area contributed by atoms with E-state index in [0.717, 1.165) is 43.4 Å². The highest BCUT2D eigenvalue weighted by Crippen LogP contribution is 2.33.